The van der Waals surface area contributed by atoms with E-state index in [1.165, 1.54) is 11.3 Å². The SMILES string of the molecule is OCCc1ccc(N2C=NCC2)cc1. The maximum Gasteiger partial charge on any atom is 0.0895 e. The Morgan fingerprint density at radius 3 is 2.64 bits per heavy atom. The summed E-state index contributed by atoms with van der Waals surface area (Å²) in [6.07, 6.45) is 2.61. The van der Waals surface area contributed by atoms with E-state index in [2.05, 4.69) is 34.2 Å². The van der Waals surface area contributed by atoms with Crippen molar-refractivity contribution in [1.29, 1.82) is 0 Å². The van der Waals surface area contributed by atoms with E-state index >= 15 is 0 Å². The second-order valence-corrected chi connectivity index (χ2v) is 3.36. The Labute approximate surface area is 83.7 Å². The zero-order valence-electron chi connectivity index (χ0n) is 8.06. The van der Waals surface area contributed by atoms with Crippen molar-refractivity contribution in [3.05, 3.63) is 29.8 Å². The molecule has 1 aromatic carbocycles. The van der Waals surface area contributed by atoms with Crippen LogP contribution in [0.25, 0.3) is 0 Å². The number of aliphatic hydroxyl groups is 1. The lowest BCUT2D eigenvalue weighted by Crippen LogP contribution is -2.17. The molecule has 1 aliphatic heterocycles. The smallest absolute Gasteiger partial charge is 0.0895 e. The monoisotopic (exact) mass is 190 g/mol. The first-order chi connectivity index (χ1) is 6.90. The van der Waals surface area contributed by atoms with Gasteiger partial charge in [-0.05, 0) is 24.1 Å². The summed E-state index contributed by atoms with van der Waals surface area (Å²) in [5.74, 6) is 0. The summed E-state index contributed by atoms with van der Waals surface area (Å²) < 4.78 is 0. The molecular weight excluding hydrogens is 176 g/mol. The van der Waals surface area contributed by atoms with Crippen molar-refractivity contribution in [2.75, 3.05) is 24.6 Å². The minimum atomic E-state index is 0.213. The van der Waals surface area contributed by atoms with Gasteiger partial charge < -0.3 is 10.0 Å². The van der Waals surface area contributed by atoms with E-state index in [1.54, 1.807) is 0 Å². The van der Waals surface area contributed by atoms with Gasteiger partial charge in [-0.2, -0.15) is 0 Å². The third-order valence-corrected chi connectivity index (χ3v) is 2.36. The maximum absolute atomic E-state index is 8.77. The van der Waals surface area contributed by atoms with Gasteiger partial charge in [0.25, 0.3) is 0 Å². The minimum absolute atomic E-state index is 0.213. The van der Waals surface area contributed by atoms with Crippen molar-refractivity contribution in [3.63, 3.8) is 0 Å². The standard InChI is InChI=1S/C11H14N2O/c14-8-5-10-1-3-11(4-2-10)13-7-6-12-9-13/h1-4,9,14H,5-8H2. The fraction of sp³-hybridized carbons (Fsp3) is 0.364. The molecule has 0 atom stereocenters. The summed E-state index contributed by atoms with van der Waals surface area (Å²) in [6, 6.07) is 8.25. The molecule has 3 nitrogen and oxygen atoms in total. The number of hydrogen-bond donors (Lipinski definition) is 1. The molecule has 0 aromatic heterocycles. The minimum Gasteiger partial charge on any atom is -0.396 e. The molecule has 74 valence electrons. The zero-order valence-corrected chi connectivity index (χ0v) is 8.06. The van der Waals surface area contributed by atoms with Crippen LogP contribution in [0.15, 0.2) is 29.3 Å². The van der Waals surface area contributed by atoms with Crippen molar-refractivity contribution < 1.29 is 5.11 Å². The Kier molecular flexibility index (Phi) is 2.79. The van der Waals surface area contributed by atoms with E-state index in [9.17, 15) is 0 Å². The van der Waals surface area contributed by atoms with E-state index < -0.39 is 0 Å². The van der Waals surface area contributed by atoms with Crippen molar-refractivity contribution >= 4 is 12.0 Å². The quantitative estimate of drug-likeness (QED) is 0.774. The Morgan fingerprint density at radius 2 is 2.07 bits per heavy atom. The van der Waals surface area contributed by atoms with Crippen molar-refractivity contribution in [1.82, 2.24) is 0 Å². The number of aliphatic imine (C=N–C) groups is 1. The Bertz CT molecular complexity index is 319. The number of nitrogens with zero attached hydrogens (tertiary/aromatic N) is 2. The highest BCUT2D eigenvalue weighted by Gasteiger charge is 2.06. The van der Waals surface area contributed by atoms with Crippen LogP contribution in [0.2, 0.25) is 0 Å². The van der Waals surface area contributed by atoms with Gasteiger partial charge in [-0.25, -0.2) is 0 Å². The molecule has 0 fully saturated rings. The number of hydrogen-bond acceptors (Lipinski definition) is 3. The van der Waals surface area contributed by atoms with Gasteiger partial charge in [0.2, 0.25) is 0 Å². The fourth-order valence-corrected chi connectivity index (χ4v) is 1.56. The Balaban J connectivity index is 2.09. The lowest BCUT2D eigenvalue weighted by Gasteiger charge is -2.13. The topological polar surface area (TPSA) is 35.8 Å². The molecule has 0 amide bonds. The summed E-state index contributed by atoms with van der Waals surface area (Å²) in [7, 11) is 0. The lowest BCUT2D eigenvalue weighted by atomic mass is 10.1. The van der Waals surface area contributed by atoms with Gasteiger partial charge >= 0.3 is 0 Å². The average molecular weight is 190 g/mol. The molecule has 1 N–H and O–H groups in total. The second-order valence-electron chi connectivity index (χ2n) is 3.36. The number of anilines is 1. The normalized spacial score (nSPS) is 15.1. The Morgan fingerprint density at radius 1 is 1.29 bits per heavy atom. The zero-order chi connectivity index (χ0) is 9.80. The Hall–Kier alpha value is -1.35. The van der Waals surface area contributed by atoms with Crippen LogP contribution in [-0.4, -0.2) is 31.1 Å². The first kappa shape index (κ1) is 9.21. The van der Waals surface area contributed by atoms with Crippen LogP contribution in [0.4, 0.5) is 5.69 Å². The summed E-state index contributed by atoms with van der Waals surface area (Å²) in [6.45, 7) is 2.07. The molecule has 0 unspecified atom stereocenters. The van der Waals surface area contributed by atoms with E-state index in [1.807, 2.05) is 6.34 Å². The molecule has 2 rings (SSSR count). The predicted octanol–water partition coefficient (Wildman–Crippen LogP) is 1.07. The van der Waals surface area contributed by atoms with Crippen LogP contribution in [0.1, 0.15) is 5.56 Å². The lowest BCUT2D eigenvalue weighted by molar-refractivity contribution is 0.299. The summed E-state index contributed by atoms with van der Waals surface area (Å²) in [5.41, 5.74) is 2.35. The van der Waals surface area contributed by atoms with Crippen molar-refractivity contribution in [2.24, 2.45) is 4.99 Å². The second kappa shape index (κ2) is 4.24. The molecule has 3 heteroatoms. The van der Waals surface area contributed by atoms with E-state index in [0.29, 0.717) is 0 Å². The van der Waals surface area contributed by atoms with E-state index in [0.717, 1.165) is 19.5 Å². The third kappa shape index (κ3) is 1.93. The van der Waals surface area contributed by atoms with Crippen LogP contribution >= 0.6 is 0 Å². The molecule has 1 heterocycles. The summed E-state index contributed by atoms with van der Waals surface area (Å²) in [5, 5.41) is 8.77. The van der Waals surface area contributed by atoms with Gasteiger partial charge in [0.1, 0.15) is 0 Å². The van der Waals surface area contributed by atoms with Crippen LogP contribution in [0, 0.1) is 0 Å². The van der Waals surface area contributed by atoms with Crippen molar-refractivity contribution in [2.45, 2.75) is 6.42 Å². The molecule has 0 aliphatic carbocycles. The van der Waals surface area contributed by atoms with Crippen molar-refractivity contribution in [3.8, 4) is 0 Å². The number of benzene rings is 1. The van der Waals surface area contributed by atoms with Crippen LogP contribution < -0.4 is 4.90 Å². The van der Waals surface area contributed by atoms with Crippen LogP contribution in [0.3, 0.4) is 0 Å². The number of rotatable bonds is 3. The summed E-state index contributed by atoms with van der Waals surface area (Å²) >= 11 is 0. The number of aliphatic hydroxyl groups excluding tert-OH is 1. The summed E-state index contributed by atoms with van der Waals surface area (Å²) in [4.78, 5) is 6.29. The fourth-order valence-electron chi connectivity index (χ4n) is 1.56. The molecule has 0 saturated heterocycles. The van der Waals surface area contributed by atoms with Crippen LogP contribution in [-0.2, 0) is 6.42 Å². The predicted molar refractivity (Wildman–Crippen MR) is 57.9 cm³/mol. The molecule has 14 heavy (non-hydrogen) atoms. The van der Waals surface area contributed by atoms with E-state index in [4.69, 9.17) is 5.11 Å². The highest BCUT2D eigenvalue weighted by Crippen LogP contribution is 2.15. The van der Waals surface area contributed by atoms with Gasteiger partial charge in [0, 0.05) is 18.8 Å². The van der Waals surface area contributed by atoms with Gasteiger partial charge in [-0.15, -0.1) is 0 Å². The van der Waals surface area contributed by atoms with Gasteiger partial charge in [0.05, 0.1) is 12.9 Å². The third-order valence-electron chi connectivity index (χ3n) is 2.36. The molecule has 0 radical (unpaired) electrons. The molecule has 0 spiro atoms. The van der Waals surface area contributed by atoms with Gasteiger partial charge in [0.15, 0.2) is 0 Å². The molecule has 1 aromatic rings. The van der Waals surface area contributed by atoms with Gasteiger partial charge in [-0.3, -0.25) is 4.99 Å². The molecule has 0 saturated carbocycles. The molecule has 0 bridgehead atoms. The molecular formula is C11H14N2O. The largest absolute Gasteiger partial charge is 0.396 e. The highest BCUT2D eigenvalue weighted by molar-refractivity contribution is 5.80. The average Bonchev–Trinajstić information content (AvgIpc) is 2.72. The van der Waals surface area contributed by atoms with E-state index in [-0.39, 0.29) is 6.61 Å². The first-order valence-electron chi connectivity index (χ1n) is 4.86. The van der Waals surface area contributed by atoms with Crippen LogP contribution in [0.5, 0.6) is 0 Å². The maximum atomic E-state index is 8.77. The highest BCUT2D eigenvalue weighted by atomic mass is 16.2. The molecule has 1 aliphatic rings. The first-order valence-corrected chi connectivity index (χ1v) is 4.86. The van der Waals surface area contributed by atoms with Gasteiger partial charge in [-0.1, -0.05) is 12.1 Å².